The van der Waals surface area contributed by atoms with Gasteiger partial charge in [0.2, 0.25) is 0 Å². The van der Waals surface area contributed by atoms with Crippen LogP contribution in [0.2, 0.25) is 0 Å². The lowest BCUT2D eigenvalue weighted by atomic mass is 10.1. The van der Waals surface area contributed by atoms with E-state index in [1.807, 2.05) is 30.3 Å². The number of hydrogen-bond acceptors (Lipinski definition) is 4. The molecule has 0 spiro atoms. The zero-order valence-electron chi connectivity index (χ0n) is 16.7. The van der Waals surface area contributed by atoms with Crippen molar-refractivity contribution in [2.45, 2.75) is 0 Å². The molecule has 0 aliphatic rings. The van der Waals surface area contributed by atoms with E-state index in [0.717, 1.165) is 10.0 Å². The molecule has 0 aliphatic carbocycles. The van der Waals surface area contributed by atoms with E-state index in [9.17, 15) is 9.59 Å². The number of amides is 2. The number of methoxy groups -OCH3 is 1. The fourth-order valence-corrected chi connectivity index (χ4v) is 3.00. The summed E-state index contributed by atoms with van der Waals surface area (Å²) in [6.07, 6.45) is 3.09. The summed E-state index contributed by atoms with van der Waals surface area (Å²) in [6.45, 7) is 0. The quantitative estimate of drug-likeness (QED) is 0.301. The molecule has 0 heterocycles. The Morgan fingerprint density at radius 1 is 0.935 bits per heavy atom. The monoisotopic (exact) mass is 477 g/mol. The third kappa shape index (κ3) is 6.38. The fraction of sp³-hybridized carbons (Fsp3) is 0.0417. The van der Waals surface area contributed by atoms with Gasteiger partial charge in [0, 0.05) is 15.6 Å². The minimum atomic E-state index is -0.552. The average molecular weight is 478 g/mol. The van der Waals surface area contributed by atoms with Crippen molar-refractivity contribution in [3.63, 3.8) is 0 Å². The Balaban J connectivity index is 1.81. The molecule has 0 saturated heterocycles. The highest BCUT2D eigenvalue weighted by Gasteiger charge is 2.14. The number of carbonyl (C=O) groups excluding carboxylic acids is 2. The molecule has 0 aliphatic heterocycles. The van der Waals surface area contributed by atoms with Gasteiger partial charge in [-0.05, 0) is 42.0 Å². The van der Waals surface area contributed by atoms with E-state index in [2.05, 4.69) is 31.8 Å². The SMILES string of the molecule is COc1ccc(C=C(NC(=O)c2ccccc2)C(=O)NN=Cc2ccccc2Br)cc1. The maximum atomic E-state index is 12.8. The zero-order valence-corrected chi connectivity index (χ0v) is 18.3. The smallest absolute Gasteiger partial charge is 0.287 e. The largest absolute Gasteiger partial charge is 0.497 e. The van der Waals surface area contributed by atoms with Gasteiger partial charge < -0.3 is 10.1 Å². The highest BCUT2D eigenvalue weighted by Crippen LogP contribution is 2.15. The van der Waals surface area contributed by atoms with Crippen molar-refractivity contribution < 1.29 is 14.3 Å². The lowest BCUT2D eigenvalue weighted by molar-refractivity contribution is -0.117. The number of hydrazone groups is 1. The molecule has 0 unspecified atom stereocenters. The molecule has 0 saturated carbocycles. The maximum Gasteiger partial charge on any atom is 0.287 e. The molecular weight excluding hydrogens is 458 g/mol. The van der Waals surface area contributed by atoms with E-state index in [1.165, 1.54) is 6.21 Å². The first-order valence-electron chi connectivity index (χ1n) is 9.37. The number of nitrogens with one attached hydrogen (secondary N) is 2. The van der Waals surface area contributed by atoms with Gasteiger partial charge in [0.15, 0.2) is 0 Å². The van der Waals surface area contributed by atoms with Crippen molar-refractivity contribution in [3.05, 3.63) is 106 Å². The Kier molecular flexibility index (Phi) is 7.73. The summed E-state index contributed by atoms with van der Waals surface area (Å²) in [5.74, 6) is -0.261. The van der Waals surface area contributed by atoms with Crippen LogP contribution in [0.25, 0.3) is 6.08 Å². The van der Waals surface area contributed by atoms with Crippen LogP contribution in [-0.2, 0) is 4.79 Å². The topological polar surface area (TPSA) is 79.8 Å². The number of ether oxygens (including phenoxy) is 1. The molecule has 0 bridgehead atoms. The molecule has 0 fully saturated rings. The number of nitrogens with zero attached hydrogens (tertiary/aromatic N) is 1. The van der Waals surface area contributed by atoms with Crippen molar-refractivity contribution in [2.24, 2.45) is 5.10 Å². The second-order valence-electron chi connectivity index (χ2n) is 6.37. The first kappa shape index (κ1) is 22.0. The van der Waals surface area contributed by atoms with Crippen molar-refractivity contribution in [1.82, 2.24) is 10.7 Å². The van der Waals surface area contributed by atoms with Gasteiger partial charge in [-0.25, -0.2) is 5.43 Å². The van der Waals surface area contributed by atoms with Crippen LogP contribution >= 0.6 is 15.9 Å². The maximum absolute atomic E-state index is 12.8. The normalized spacial score (nSPS) is 11.2. The van der Waals surface area contributed by atoms with Crippen LogP contribution in [0.3, 0.4) is 0 Å². The fourth-order valence-electron chi connectivity index (χ4n) is 2.61. The zero-order chi connectivity index (χ0) is 22.1. The number of rotatable bonds is 7. The van der Waals surface area contributed by atoms with Crippen LogP contribution < -0.4 is 15.5 Å². The third-order valence-electron chi connectivity index (χ3n) is 4.23. The third-order valence-corrected chi connectivity index (χ3v) is 4.95. The Bertz CT molecular complexity index is 1110. The van der Waals surface area contributed by atoms with E-state index in [0.29, 0.717) is 16.9 Å². The van der Waals surface area contributed by atoms with Crippen molar-refractivity contribution in [3.8, 4) is 5.75 Å². The van der Waals surface area contributed by atoms with Gasteiger partial charge in [0.25, 0.3) is 11.8 Å². The van der Waals surface area contributed by atoms with Gasteiger partial charge in [-0.1, -0.05) is 64.5 Å². The first-order valence-corrected chi connectivity index (χ1v) is 10.2. The number of hydrogen-bond donors (Lipinski definition) is 2. The minimum absolute atomic E-state index is 0.0586. The second kappa shape index (κ2) is 10.9. The Hall–Kier alpha value is -3.71. The van der Waals surface area contributed by atoms with Crippen LogP contribution in [0.4, 0.5) is 0 Å². The van der Waals surface area contributed by atoms with Gasteiger partial charge in [-0.15, -0.1) is 0 Å². The van der Waals surface area contributed by atoms with Crippen molar-refractivity contribution in [1.29, 1.82) is 0 Å². The lowest BCUT2D eigenvalue weighted by Gasteiger charge is -2.09. The molecule has 3 aromatic carbocycles. The molecule has 6 nitrogen and oxygen atoms in total. The van der Waals surface area contributed by atoms with E-state index in [-0.39, 0.29) is 5.70 Å². The van der Waals surface area contributed by atoms with E-state index in [4.69, 9.17) is 4.74 Å². The predicted molar refractivity (Wildman–Crippen MR) is 125 cm³/mol. The molecular formula is C24H20BrN3O3. The summed E-state index contributed by atoms with van der Waals surface area (Å²) in [6, 6.07) is 23.2. The first-order chi connectivity index (χ1) is 15.1. The van der Waals surface area contributed by atoms with Crippen LogP contribution in [0.5, 0.6) is 5.75 Å². The molecule has 0 aromatic heterocycles. The summed E-state index contributed by atoms with van der Waals surface area (Å²) in [5.41, 5.74) is 4.48. The van der Waals surface area contributed by atoms with Gasteiger partial charge in [0.05, 0.1) is 13.3 Å². The van der Waals surface area contributed by atoms with Gasteiger partial charge in [-0.2, -0.15) is 5.10 Å². The van der Waals surface area contributed by atoms with Crippen LogP contribution in [-0.4, -0.2) is 25.1 Å². The molecule has 3 rings (SSSR count). The van der Waals surface area contributed by atoms with Crippen LogP contribution in [0.15, 0.2) is 94.1 Å². The molecule has 3 aromatic rings. The molecule has 7 heteroatoms. The molecule has 2 N–H and O–H groups in total. The van der Waals surface area contributed by atoms with Gasteiger partial charge in [-0.3, -0.25) is 9.59 Å². The van der Waals surface area contributed by atoms with E-state index >= 15 is 0 Å². The molecule has 2 amide bonds. The molecule has 31 heavy (non-hydrogen) atoms. The van der Waals surface area contributed by atoms with Crippen LogP contribution in [0.1, 0.15) is 21.5 Å². The highest BCUT2D eigenvalue weighted by molar-refractivity contribution is 9.10. The van der Waals surface area contributed by atoms with Crippen molar-refractivity contribution in [2.75, 3.05) is 7.11 Å². The number of halogens is 1. The predicted octanol–water partition coefficient (Wildman–Crippen LogP) is 4.38. The molecule has 0 atom stereocenters. The average Bonchev–Trinajstić information content (AvgIpc) is 2.80. The summed E-state index contributed by atoms with van der Waals surface area (Å²) >= 11 is 3.42. The standard InChI is InChI=1S/C24H20BrN3O3/c1-31-20-13-11-17(12-14-20)15-22(27-23(29)18-7-3-2-4-8-18)24(30)28-26-16-19-9-5-6-10-21(19)25/h2-16H,1H3,(H,27,29)(H,28,30). The minimum Gasteiger partial charge on any atom is -0.497 e. The van der Waals surface area contributed by atoms with Crippen LogP contribution in [0, 0.1) is 0 Å². The molecule has 0 radical (unpaired) electrons. The highest BCUT2D eigenvalue weighted by atomic mass is 79.9. The summed E-state index contributed by atoms with van der Waals surface area (Å²) in [5, 5.41) is 6.67. The summed E-state index contributed by atoms with van der Waals surface area (Å²) in [4.78, 5) is 25.4. The summed E-state index contributed by atoms with van der Waals surface area (Å²) in [7, 11) is 1.58. The van der Waals surface area contributed by atoms with Crippen molar-refractivity contribution >= 4 is 40.0 Å². The summed E-state index contributed by atoms with van der Waals surface area (Å²) < 4.78 is 6.00. The van der Waals surface area contributed by atoms with Gasteiger partial charge in [0.1, 0.15) is 11.4 Å². The van der Waals surface area contributed by atoms with E-state index in [1.54, 1.807) is 61.7 Å². The Morgan fingerprint density at radius 3 is 2.29 bits per heavy atom. The Morgan fingerprint density at radius 2 is 1.61 bits per heavy atom. The number of benzene rings is 3. The molecule has 156 valence electrons. The lowest BCUT2D eigenvalue weighted by Crippen LogP contribution is -2.32. The Labute approximate surface area is 188 Å². The van der Waals surface area contributed by atoms with Gasteiger partial charge >= 0.3 is 0 Å². The van der Waals surface area contributed by atoms with E-state index < -0.39 is 11.8 Å². The number of carbonyl (C=O) groups is 2. The second-order valence-corrected chi connectivity index (χ2v) is 7.23.